The van der Waals surface area contributed by atoms with Gasteiger partial charge in [-0.25, -0.2) is 0 Å². The number of carbonyl (C=O) groups excluding carboxylic acids is 1. The van der Waals surface area contributed by atoms with Crippen molar-refractivity contribution in [1.82, 2.24) is 0 Å². The molecule has 0 unspecified atom stereocenters. The highest BCUT2D eigenvalue weighted by Crippen LogP contribution is 2.36. The monoisotopic (exact) mass is 423 g/mol. The van der Waals surface area contributed by atoms with Crippen molar-refractivity contribution in [2.45, 2.75) is 17.8 Å². The van der Waals surface area contributed by atoms with Crippen LogP contribution < -0.4 is 4.90 Å². The Bertz CT molecular complexity index is 1040. The molecule has 2 aromatic carbocycles. The molecular weight excluding hydrogens is 406 g/mol. The second-order valence-electron chi connectivity index (χ2n) is 6.28. The lowest BCUT2D eigenvalue weighted by Crippen LogP contribution is -2.27. The number of hydrogen-bond acceptors (Lipinski definition) is 5. The maximum absolute atomic E-state index is 12.8. The van der Waals surface area contributed by atoms with Crippen molar-refractivity contribution in [3.63, 3.8) is 0 Å². The summed E-state index contributed by atoms with van der Waals surface area (Å²) in [4.78, 5) is 15.0. The molecule has 1 saturated heterocycles. The molecule has 1 aliphatic heterocycles. The number of carbonyl (C=O) groups is 1. The van der Waals surface area contributed by atoms with Gasteiger partial charge in [-0.2, -0.15) is 0 Å². The Hall–Kier alpha value is -2.28. The van der Waals surface area contributed by atoms with Crippen LogP contribution in [0.15, 0.2) is 81.1 Å². The molecule has 0 spiro atoms. The number of rotatable bonds is 5. The zero-order chi connectivity index (χ0) is 19.5. The lowest BCUT2D eigenvalue weighted by molar-refractivity contribution is -0.113. The summed E-state index contributed by atoms with van der Waals surface area (Å²) in [5.41, 5.74) is 3.17. The fraction of sp³-hybridized carbons (Fsp3) is 0.0909. The summed E-state index contributed by atoms with van der Waals surface area (Å²) in [7, 11) is 0. The molecule has 0 atom stereocenters. The minimum absolute atomic E-state index is 0.117. The Morgan fingerprint density at radius 2 is 1.82 bits per heavy atom. The highest BCUT2D eigenvalue weighted by Gasteiger charge is 2.33. The molecule has 2 heterocycles. The average Bonchev–Trinajstić information content (AvgIpc) is 3.26. The smallest absolute Gasteiger partial charge is 0.270 e. The molecule has 1 aromatic heterocycles. The largest absolute Gasteiger partial charge is 0.450 e. The Balaban J connectivity index is 1.47. The molecule has 140 valence electrons. The number of hydrogen-bond donors (Lipinski definition) is 0. The number of benzene rings is 2. The van der Waals surface area contributed by atoms with Crippen molar-refractivity contribution >= 4 is 57.7 Å². The summed E-state index contributed by atoms with van der Waals surface area (Å²) in [6.45, 7) is 2.01. The Kier molecular flexibility index (Phi) is 5.71. The van der Waals surface area contributed by atoms with E-state index >= 15 is 0 Å². The van der Waals surface area contributed by atoms with Crippen molar-refractivity contribution in [1.29, 1.82) is 0 Å². The third-order valence-corrected chi connectivity index (χ3v) is 6.47. The van der Waals surface area contributed by atoms with Gasteiger partial charge in [0.25, 0.3) is 5.91 Å². The van der Waals surface area contributed by atoms with Gasteiger partial charge in [0.15, 0.2) is 9.41 Å². The molecule has 1 fully saturated rings. The van der Waals surface area contributed by atoms with Crippen LogP contribution in [0.3, 0.4) is 0 Å². The molecule has 4 rings (SSSR count). The molecule has 0 saturated carbocycles. The number of anilines is 1. The number of aryl methyl sites for hydroxylation is 1. The van der Waals surface area contributed by atoms with Crippen molar-refractivity contribution in [2.75, 3.05) is 4.90 Å². The van der Waals surface area contributed by atoms with Gasteiger partial charge >= 0.3 is 0 Å². The van der Waals surface area contributed by atoms with Gasteiger partial charge in [0.2, 0.25) is 0 Å². The third-order valence-electron chi connectivity index (χ3n) is 4.19. The van der Waals surface area contributed by atoms with Gasteiger partial charge in [0, 0.05) is 11.8 Å². The Morgan fingerprint density at radius 3 is 2.57 bits per heavy atom. The Morgan fingerprint density at radius 1 is 1.07 bits per heavy atom. The highest BCUT2D eigenvalue weighted by molar-refractivity contribution is 8.27. The molecule has 0 radical (unpaired) electrons. The van der Waals surface area contributed by atoms with Crippen LogP contribution in [-0.2, 0) is 10.5 Å². The summed E-state index contributed by atoms with van der Waals surface area (Å²) in [5, 5.41) is 0.823. The summed E-state index contributed by atoms with van der Waals surface area (Å²) < 4.78 is 6.40. The lowest BCUT2D eigenvalue weighted by atomic mass is 10.2. The van der Waals surface area contributed by atoms with Crippen LogP contribution in [-0.4, -0.2) is 10.2 Å². The van der Waals surface area contributed by atoms with Gasteiger partial charge in [0.1, 0.15) is 5.76 Å². The van der Waals surface area contributed by atoms with Crippen molar-refractivity contribution < 1.29 is 9.21 Å². The summed E-state index contributed by atoms with van der Waals surface area (Å²) in [6, 6.07) is 21.8. The van der Waals surface area contributed by atoms with Gasteiger partial charge in [0.05, 0.1) is 10.6 Å². The predicted molar refractivity (Wildman–Crippen MR) is 122 cm³/mol. The van der Waals surface area contributed by atoms with E-state index in [1.165, 1.54) is 17.3 Å². The van der Waals surface area contributed by atoms with E-state index in [2.05, 4.69) is 12.1 Å². The number of thiocarbonyl (C=S) groups is 1. The first-order chi connectivity index (χ1) is 13.6. The molecule has 1 amide bonds. The zero-order valence-corrected chi connectivity index (χ0v) is 17.6. The summed E-state index contributed by atoms with van der Waals surface area (Å²) in [5.74, 6) is 1.37. The topological polar surface area (TPSA) is 33.5 Å². The summed E-state index contributed by atoms with van der Waals surface area (Å²) >= 11 is 8.34. The summed E-state index contributed by atoms with van der Waals surface area (Å²) in [6.07, 6.45) is 1.76. The first-order valence-electron chi connectivity index (χ1n) is 8.71. The van der Waals surface area contributed by atoms with E-state index < -0.39 is 0 Å². The van der Waals surface area contributed by atoms with Crippen LogP contribution in [0.4, 0.5) is 5.69 Å². The zero-order valence-electron chi connectivity index (χ0n) is 15.1. The van der Waals surface area contributed by atoms with Crippen LogP contribution in [0.5, 0.6) is 0 Å². The normalized spacial score (nSPS) is 15.6. The molecule has 0 N–H and O–H groups in total. The first-order valence-corrected chi connectivity index (χ1v) is 10.9. The fourth-order valence-electron chi connectivity index (χ4n) is 2.73. The molecule has 3 nitrogen and oxygen atoms in total. The quantitative estimate of drug-likeness (QED) is 0.274. The van der Waals surface area contributed by atoms with E-state index in [1.54, 1.807) is 22.7 Å². The lowest BCUT2D eigenvalue weighted by Gasteiger charge is -2.14. The molecular formula is C22H17NO2S3. The molecule has 1 aliphatic rings. The molecule has 0 bridgehead atoms. The van der Waals surface area contributed by atoms with E-state index in [1.807, 2.05) is 61.5 Å². The third kappa shape index (κ3) is 4.24. The SMILES string of the molecule is Cc1ccc(N2C(=O)C(=Cc3ccc(SCc4ccccc4)o3)SC2=S)cc1. The second kappa shape index (κ2) is 8.39. The van der Waals surface area contributed by atoms with Crippen LogP contribution >= 0.6 is 35.7 Å². The van der Waals surface area contributed by atoms with E-state index in [0.29, 0.717) is 15.0 Å². The van der Waals surface area contributed by atoms with Gasteiger partial charge in [-0.05, 0) is 36.8 Å². The van der Waals surface area contributed by atoms with E-state index in [0.717, 1.165) is 22.1 Å². The molecule has 3 aromatic rings. The van der Waals surface area contributed by atoms with Crippen molar-refractivity contribution in [3.8, 4) is 0 Å². The van der Waals surface area contributed by atoms with Crippen LogP contribution in [0.2, 0.25) is 0 Å². The minimum atomic E-state index is -0.117. The second-order valence-corrected chi connectivity index (χ2v) is 8.94. The molecule has 6 heteroatoms. The van der Waals surface area contributed by atoms with Crippen LogP contribution in [0.25, 0.3) is 6.08 Å². The predicted octanol–water partition coefficient (Wildman–Crippen LogP) is 6.29. The maximum Gasteiger partial charge on any atom is 0.270 e. The fourth-order valence-corrected chi connectivity index (χ4v) is 4.83. The van der Waals surface area contributed by atoms with Gasteiger partial charge in [-0.1, -0.05) is 83.8 Å². The maximum atomic E-state index is 12.8. The Labute approximate surface area is 177 Å². The first kappa shape index (κ1) is 19.1. The number of nitrogens with zero attached hydrogens (tertiary/aromatic N) is 1. The highest BCUT2D eigenvalue weighted by atomic mass is 32.2. The molecule has 28 heavy (non-hydrogen) atoms. The average molecular weight is 424 g/mol. The van der Waals surface area contributed by atoms with Crippen LogP contribution in [0, 0.1) is 6.92 Å². The van der Waals surface area contributed by atoms with Crippen molar-refractivity contribution in [2.24, 2.45) is 0 Å². The standard InChI is InChI=1S/C22H17NO2S3/c1-15-7-9-17(10-8-15)23-21(24)19(28-22(23)26)13-18-11-12-20(25-18)27-14-16-5-3-2-4-6-16/h2-13H,14H2,1H3. The van der Waals surface area contributed by atoms with E-state index in [-0.39, 0.29) is 5.91 Å². The van der Waals surface area contributed by atoms with Crippen LogP contribution in [0.1, 0.15) is 16.9 Å². The number of amides is 1. The number of furan rings is 1. The van der Waals surface area contributed by atoms with Crippen molar-refractivity contribution in [3.05, 3.63) is 88.5 Å². The van der Waals surface area contributed by atoms with E-state index in [9.17, 15) is 4.79 Å². The van der Waals surface area contributed by atoms with Gasteiger partial charge < -0.3 is 4.42 Å². The van der Waals surface area contributed by atoms with Gasteiger partial charge in [-0.3, -0.25) is 9.69 Å². The van der Waals surface area contributed by atoms with Gasteiger partial charge in [-0.15, -0.1) is 0 Å². The number of thioether (sulfide) groups is 2. The minimum Gasteiger partial charge on any atom is -0.450 e. The molecule has 0 aliphatic carbocycles. The van der Waals surface area contributed by atoms with E-state index in [4.69, 9.17) is 16.6 Å².